The lowest BCUT2D eigenvalue weighted by molar-refractivity contribution is 0.0341. The van der Waals surface area contributed by atoms with Crippen LogP contribution in [-0.2, 0) is 17.8 Å². The van der Waals surface area contributed by atoms with Gasteiger partial charge in [0, 0.05) is 25.5 Å². The van der Waals surface area contributed by atoms with Crippen LogP contribution in [0.2, 0.25) is 0 Å². The van der Waals surface area contributed by atoms with Gasteiger partial charge < -0.3 is 9.64 Å². The molecule has 1 amide bonds. The Hall–Kier alpha value is -1.97. The van der Waals surface area contributed by atoms with Crippen LogP contribution >= 0.6 is 11.3 Å². The van der Waals surface area contributed by atoms with Crippen LogP contribution in [0.1, 0.15) is 21.1 Å². The van der Waals surface area contributed by atoms with Crippen LogP contribution in [0.4, 0.5) is 13.2 Å². The topological polar surface area (TPSA) is 45.7 Å². The number of rotatable bonds is 5. The van der Waals surface area contributed by atoms with Gasteiger partial charge in [0.1, 0.15) is 5.01 Å². The largest absolute Gasteiger partial charge is 0.379 e. The molecule has 0 atom stereocenters. The second kappa shape index (κ2) is 8.15. The summed E-state index contributed by atoms with van der Waals surface area (Å²) in [6.45, 7) is 3.97. The first-order valence-electron chi connectivity index (χ1n) is 8.08. The molecule has 9 heteroatoms. The van der Waals surface area contributed by atoms with Crippen molar-refractivity contribution in [3.63, 3.8) is 0 Å². The fraction of sp³-hybridized carbons (Fsp3) is 0.412. The predicted molar refractivity (Wildman–Crippen MR) is 90.3 cm³/mol. The zero-order valence-electron chi connectivity index (χ0n) is 14.2. The van der Waals surface area contributed by atoms with E-state index >= 15 is 0 Å². The number of ether oxygens (including phenoxy) is 1. The van der Waals surface area contributed by atoms with Gasteiger partial charge in [-0.15, -0.1) is 11.3 Å². The minimum Gasteiger partial charge on any atom is -0.379 e. The zero-order chi connectivity index (χ0) is 18.7. The van der Waals surface area contributed by atoms with E-state index in [-0.39, 0.29) is 6.54 Å². The van der Waals surface area contributed by atoms with Crippen LogP contribution in [0.15, 0.2) is 17.5 Å². The number of carbonyl (C=O) groups excluding carboxylic acids is 1. The highest BCUT2D eigenvalue weighted by Crippen LogP contribution is 2.19. The summed E-state index contributed by atoms with van der Waals surface area (Å²) in [7, 11) is 1.46. The minimum atomic E-state index is -1.65. The first kappa shape index (κ1) is 18.8. The monoisotopic (exact) mass is 385 g/mol. The van der Waals surface area contributed by atoms with E-state index in [2.05, 4.69) is 9.88 Å². The lowest BCUT2D eigenvalue weighted by Crippen LogP contribution is -2.35. The molecule has 1 aromatic heterocycles. The molecule has 1 aliphatic rings. The lowest BCUT2D eigenvalue weighted by Gasteiger charge is -2.25. The second-order valence-corrected chi connectivity index (χ2v) is 6.95. The van der Waals surface area contributed by atoms with E-state index in [1.54, 1.807) is 0 Å². The van der Waals surface area contributed by atoms with E-state index in [0.717, 1.165) is 30.2 Å². The van der Waals surface area contributed by atoms with Crippen LogP contribution in [0.5, 0.6) is 0 Å². The second-order valence-electron chi connectivity index (χ2n) is 6.01. The Morgan fingerprint density at radius 3 is 2.73 bits per heavy atom. The predicted octanol–water partition coefficient (Wildman–Crippen LogP) is 2.66. The molecular formula is C17H18F3N3O2S. The first-order chi connectivity index (χ1) is 12.5. The van der Waals surface area contributed by atoms with Crippen molar-refractivity contribution in [2.45, 2.75) is 13.1 Å². The summed E-state index contributed by atoms with van der Waals surface area (Å²) in [6, 6.07) is 1.68. The van der Waals surface area contributed by atoms with Gasteiger partial charge in [0.15, 0.2) is 17.5 Å². The normalized spacial score (nSPS) is 15.2. The Morgan fingerprint density at radius 2 is 2.00 bits per heavy atom. The summed E-state index contributed by atoms with van der Waals surface area (Å²) >= 11 is 1.49. The fourth-order valence-electron chi connectivity index (χ4n) is 2.66. The Balaban J connectivity index is 1.63. The summed E-state index contributed by atoms with van der Waals surface area (Å²) in [5.41, 5.74) is 0.160. The SMILES string of the molecule is CN(Cc1csc(CN2CCOCC2)n1)C(=O)c1ccc(F)c(F)c1F. The molecule has 26 heavy (non-hydrogen) atoms. The molecule has 0 saturated carbocycles. The first-order valence-corrected chi connectivity index (χ1v) is 8.96. The molecule has 140 valence electrons. The third-order valence-electron chi connectivity index (χ3n) is 4.07. The van der Waals surface area contributed by atoms with Crippen molar-refractivity contribution in [2.24, 2.45) is 0 Å². The summed E-state index contributed by atoms with van der Waals surface area (Å²) in [6.07, 6.45) is 0. The van der Waals surface area contributed by atoms with Crippen molar-refractivity contribution in [1.29, 1.82) is 0 Å². The van der Waals surface area contributed by atoms with Crippen molar-refractivity contribution in [1.82, 2.24) is 14.8 Å². The Morgan fingerprint density at radius 1 is 1.27 bits per heavy atom. The average Bonchev–Trinajstić information content (AvgIpc) is 3.07. The van der Waals surface area contributed by atoms with E-state index in [9.17, 15) is 18.0 Å². The van der Waals surface area contributed by atoms with Gasteiger partial charge in [0.05, 0.1) is 37.6 Å². The van der Waals surface area contributed by atoms with E-state index in [0.29, 0.717) is 25.5 Å². The van der Waals surface area contributed by atoms with Gasteiger partial charge in [-0.3, -0.25) is 9.69 Å². The standard InChI is InChI=1S/C17H18F3N3O2S/c1-22(17(24)12-2-3-13(18)16(20)15(12)19)8-11-10-26-14(21-11)9-23-4-6-25-7-5-23/h2-3,10H,4-9H2,1H3. The van der Waals surface area contributed by atoms with Crippen molar-refractivity contribution < 1.29 is 22.7 Å². The molecular weight excluding hydrogens is 367 g/mol. The molecule has 1 fully saturated rings. The van der Waals surface area contributed by atoms with E-state index in [1.807, 2.05) is 5.38 Å². The van der Waals surface area contributed by atoms with E-state index in [1.165, 1.54) is 23.3 Å². The molecule has 5 nitrogen and oxygen atoms in total. The molecule has 2 heterocycles. The van der Waals surface area contributed by atoms with Crippen molar-refractivity contribution >= 4 is 17.2 Å². The molecule has 0 bridgehead atoms. The van der Waals surface area contributed by atoms with E-state index < -0.39 is 28.9 Å². The van der Waals surface area contributed by atoms with Gasteiger partial charge in [-0.05, 0) is 12.1 Å². The maximum atomic E-state index is 13.8. The number of hydrogen-bond acceptors (Lipinski definition) is 5. The third kappa shape index (κ3) is 4.22. The Labute approximate surface area is 153 Å². The van der Waals surface area contributed by atoms with Crippen LogP contribution in [0, 0.1) is 17.5 Å². The maximum absolute atomic E-state index is 13.8. The molecule has 2 aromatic rings. The highest BCUT2D eigenvalue weighted by atomic mass is 32.1. The highest BCUT2D eigenvalue weighted by molar-refractivity contribution is 7.09. The number of halogens is 3. The van der Waals surface area contributed by atoms with Gasteiger partial charge in [-0.25, -0.2) is 18.2 Å². The Kier molecular flexibility index (Phi) is 5.90. The van der Waals surface area contributed by atoms with Gasteiger partial charge >= 0.3 is 0 Å². The van der Waals surface area contributed by atoms with Crippen LogP contribution in [-0.4, -0.2) is 54.0 Å². The fourth-order valence-corrected chi connectivity index (χ4v) is 3.48. The number of nitrogens with zero attached hydrogens (tertiary/aromatic N) is 3. The number of thiazole rings is 1. The molecule has 0 aliphatic carbocycles. The minimum absolute atomic E-state index is 0.150. The molecule has 1 aromatic carbocycles. The van der Waals surface area contributed by atoms with Gasteiger partial charge in [0.2, 0.25) is 0 Å². The van der Waals surface area contributed by atoms with Gasteiger partial charge in [-0.2, -0.15) is 0 Å². The summed E-state index contributed by atoms with van der Waals surface area (Å²) in [4.78, 5) is 20.3. The average molecular weight is 385 g/mol. The van der Waals surface area contributed by atoms with Crippen molar-refractivity contribution in [2.75, 3.05) is 33.4 Å². The molecule has 1 saturated heterocycles. The number of morpholine rings is 1. The summed E-state index contributed by atoms with van der Waals surface area (Å²) < 4.78 is 45.4. The molecule has 0 radical (unpaired) electrons. The van der Waals surface area contributed by atoms with Crippen molar-refractivity contribution in [3.8, 4) is 0 Å². The van der Waals surface area contributed by atoms with Gasteiger partial charge in [0.25, 0.3) is 5.91 Å². The number of benzene rings is 1. The van der Waals surface area contributed by atoms with Gasteiger partial charge in [-0.1, -0.05) is 0 Å². The quantitative estimate of drug-likeness (QED) is 0.743. The van der Waals surface area contributed by atoms with E-state index in [4.69, 9.17) is 4.74 Å². The van der Waals surface area contributed by atoms with Crippen LogP contribution in [0.25, 0.3) is 0 Å². The number of carbonyl (C=O) groups is 1. The maximum Gasteiger partial charge on any atom is 0.257 e. The highest BCUT2D eigenvalue weighted by Gasteiger charge is 2.22. The lowest BCUT2D eigenvalue weighted by atomic mass is 10.1. The Bertz CT molecular complexity index is 794. The molecule has 3 rings (SSSR count). The molecule has 0 N–H and O–H groups in total. The summed E-state index contributed by atoms with van der Waals surface area (Å²) in [5.74, 6) is -5.18. The number of aromatic nitrogens is 1. The van der Waals surface area contributed by atoms with Crippen LogP contribution < -0.4 is 0 Å². The number of hydrogen-bond donors (Lipinski definition) is 0. The smallest absolute Gasteiger partial charge is 0.257 e. The van der Waals surface area contributed by atoms with Crippen molar-refractivity contribution in [3.05, 3.63) is 51.2 Å². The molecule has 1 aliphatic heterocycles. The third-order valence-corrected chi connectivity index (χ3v) is 4.96. The summed E-state index contributed by atoms with van der Waals surface area (Å²) in [5, 5.41) is 2.75. The zero-order valence-corrected chi connectivity index (χ0v) is 15.0. The molecule has 0 unspecified atom stereocenters. The number of amides is 1. The molecule has 0 spiro atoms. The van der Waals surface area contributed by atoms with Crippen LogP contribution in [0.3, 0.4) is 0 Å².